The van der Waals surface area contributed by atoms with E-state index in [4.69, 9.17) is 11.0 Å². The van der Waals surface area contributed by atoms with Crippen molar-refractivity contribution in [3.05, 3.63) is 29.8 Å². The van der Waals surface area contributed by atoms with E-state index in [9.17, 15) is 0 Å². The highest BCUT2D eigenvalue weighted by Gasteiger charge is 2.29. The monoisotopic (exact) mass is 270 g/mol. The van der Waals surface area contributed by atoms with Crippen LogP contribution in [0.4, 0.5) is 5.69 Å². The molecule has 2 saturated heterocycles. The van der Waals surface area contributed by atoms with E-state index in [1.165, 1.54) is 12.1 Å². The summed E-state index contributed by atoms with van der Waals surface area (Å²) >= 11 is 0. The van der Waals surface area contributed by atoms with Gasteiger partial charge in [-0.15, -0.1) is 0 Å². The van der Waals surface area contributed by atoms with Crippen molar-refractivity contribution in [2.45, 2.75) is 31.3 Å². The fourth-order valence-electron chi connectivity index (χ4n) is 3.33. The molecular weight excluding hydrogens is 248 g/mol. The molecule has 1 atom stereocenters. The van der Waals surface area contributed by atoms with Crippen LogP contribution >= 0.6 is 0 Å². The zero-order chi connectivity index (χ0) is 13.9. The molecule has 0 aromatic heterocycles. The molecule has 1 unspecified atom stereocenters. The molecule has 20 heavy (non-hydrogen) atoms. The van der Waals surface area contributed by atoms with Crippen molar-refractivity contribution in [2.24, 2.45) is 5.73 Å². The predicted molar refractivity (Wildman–Crippen MR) is 80.6 cm³/mol. The summed E-state index contributed by atoms with van der Waals surface area (Å²) in [6.45, 7) is 4.43. The Labute approximate surface area is 120 Å². The summed E-state index contributed by atoms with van der Waals surface area (Å²) in [5.74, 6) is 0. The van der Waals surface area contributed by atoms with Gasteiger partial charge in [-0.2, -0.15) is 5.26 Å². The summed E-state index contributed by atoms with van der Waals surface area (Å²) in [5, 5.41) is 9.00. The molecule has 2 N–H and O–H groups in total. The quantitative estimate of drug-likeness (QED) is 0.886. The second kappa shape index (κ2) is 5.82. The van der Waals surface area contributed by atoms with E-state index in [0.29, 0.717) is 12.1 Å². The number of hydrogen-bond acceptors (Lipinski definition) is 4. The van der Waals surface area contributed by atoms with Crippen molar-refractivity contribution in [1.82, 2.24) is 4.90 Å². The third-order valence-corrected chi connectivity index (χ3v) is 4.59. The van der Waals surface area contributed by atoms with Gasteiger partial charge in [-0.25, -0.2) is 0 Å². The van der Waals surface area contributed by atoms with Crippen molar-refractivity contribution in [2.75, 3.05) is 31.1 Å². The average Bonchev–Trinajstić information content (AvgIpc) is 2.98. The van der Waals surface area contributed by atoms with Crippen molar-refractivity contribution in [1.29, 1.82) is 5.26 Å². The van der Waals surface area contributed by atoms with E-state index in [1.807, 2.05) is 18.2 Å². The Morgan fingerprint density at radius 3 is 2.70 bits per heavy atom. The zero-order valence-electron chi connectivity index (χ0n) is 11.8. The first-order chi connectivity index (χ1) is 9.76. The van der Waals surface area contributed by atoms with Gasteiger partial charge >= 0.3 is 0 Å². The first-order valence-electron chi connectivity index (χ1n) is 7.51. The average molecular weight is 270 g/mol. The van der Waals surface area contributed by atoms with Crippen LogP contribution in [0.25, 0.3) is 0 Å². The van der Waals surface area contributed by atoms with Crippen molar-refractivity contribution in [3.63, 3.8) is 0 Å². The lowest BCUT2D eigenvalue weighted by Crippen LogP contribution is -2.46. The van der Waals surface area contributed by atoms with Gasteiger partial charge in [0.25, 0.3) is 0 Å². The summed E-state index contributed by atoms with van der Waals surface area (Å²) in [5.41, 5.74) is 7.90. The Balaban J connectivity index is 1.63. The van der Waals surface area contributed by atoms with Gasteiger partial charge in [0.2, 0.25) is 0 Å². The second-order valence-corrected chi connectivity index (χ2v) is 5.92. The van der Waals surface area contributed by atoms with Crippen LogP contribution in [0.1, 0.15) is 24.8 Å². The smallest absolute Gasteiger partial charge is 0.0992 e. The molecule has 2 aliphatic rings. The van der Waals surface area contributed by atoms with E-state index in [0.717, 1.165) is 44.6 Å². The van der Waals surface area contributed by atoms with Gasteiger partial charge in [0.1, 0.15) is 0 Å². The highest BCUT2D eigenvalue weighted by molar-refractivity contribution is 5.52. The number of rotatable bonds is 2. The molecule has 4 heteroatoms. The van der Waals surface area contributed by atoms with E-state index in [-0.39, 0.29) is 0 Å². The van der Waals surface area contributed by atoms with Gasteiger partial charge in [0, 0.05) is 30.9 Å². The van der Waals surface area contributed by atoms with Crippen molar-refractivity contribution in [3.8, 4) is 6.07 Å². The Morgan fingerprint density at radius 2 is 1.95 bits per heavy atom. The number of anilines is 1. The summed E-state index contributed by atoms with van der Waals surface area (Å²) < 4.78 is 0. The third kappa shape index (κ3) is 2.79. The Bertz CT molecular complexity index is 499. The van der Waals surface area contributed by atoms with Crippen LogP contribution in [0.3, 0.4) is 0 Å². The maximum atomic E-state index is 9.00. The number of benzene rings is 1. The van der Waals surface area contributed by atoms with Gasteiger partial charge in [-0.1, -0.05) is 6.07 Å². The molecule has 0 aliphatic carbocycles. The van der Waals surface area contributed by atoms with Crippen LogP contribution in [-0.4, -0.2) is 43.2 Å². The topological polar surface area (TPSA) is 56.3 Å². The molecule has 3 rings (SSSR count). The molecular formula is C16H22N4. The number of piperidine rings is 1. The maximum absolute atomic E-state index is 9.00. The van der Waals surface area contributed by atoms with Crippen LogP contribution in [0.15, 0.2) is 24.3 Å². The lowest BCUT2D eigenvalue weighted by Gasteiger charge is -2.34. The van der Waals surface area contributed by atoms with Gasteiger partial charge in [-0.05, 0) is 50.6 Å². The molecule has 0 bridgehead atoms. The molecule has 2 aliphatic heterocycles. The van der Waals surface area contributed by atoms with E-state index < -0.39 is 0 Å². The minimum Gasteiger partial charge on any atom is -0.370 e. The molecule has 0 saturated carbocycles. The van der Waals surface area contributed by atoms with Gasteiger partial charge in [0.05, 0.1) is 11.6 Å². The first-order valence-corrected chi connectivity index (χ1v) is 7.51. The van der Waals surface area contributed by atoms with Crippen LogP contribution < -0.4 is 10.6 Å². The van der Waals surface area contributed by atoms with Crippen molar-refractivity contribution < 1.29 is 0 Å². The Kier molecular flexibility index (Phi) is 3.90. The van der Waals surface area contributed by atoms with Crippen LogP contribution in [0.5, 0.6) is 0 Å². The van der Waals surface area contributed by atoms with Gasteiger partial charge < -0.3 is 10.6 Å². The second-order valence-electron chi connectivity index (χ2n) is 5.92. The summed E-state index contributed by atoms with van der Waals surface area (Å²) in [7, 11) is 0. The SMILES string of the molecule is N#Cc1cccc(N2CCC(N3CCC(N)CC3)C2)c1. The van der Waals surface area contributed by atoms with Gasteiger partial charge in [0.15, 0.2) is 0 Å². The molecule has 106 valence electrons. The number of nitriles is 1. The predicted octanol–water partition coefficient (Wildman–Crippen LogP) is 1.56. The standard InChI is InChI=1S/C16H22N4/c17-11-13-2-1-3-15(10-13)20-9-6-16(12-20)19-7-4-14(18)5-8-19/h1-3,10,14,16H,4-9,12,18H2. The largest absolute Gasteiger partial charge is 0.370 e. The summed E-state index contributed by atoms with van der Waals surface area (Å²) in [6.07, 6.45) is 3.47. The summed E-state index contributed by atoms with van der Waals surface area (Å²) in [4.78, 5) is 5.00. The minimum absolute atomic E-state index is 0.399. The third-order valence-electron chi connectivity index (χ3n) is 4.59. The van der Waals surface area contributed by atoms with E-state index >= 15 is 0 Å². The van der Waals surface area contributed by atoms with Crippen LogP contribution in [0.2, 0.25) is 0 Å². The molecule has 2 fully saturated rings. The van der Waals surface area contributed by atoms with Crippen LogP contribution in [-0.2, 0) is 0 Å². The Morgan fingerprint density at radius 1 is 1.15 bits per heavy atom. The fraction of sp³-hybridized carbons (Fsp3) is 0.562. The number of hydrogen-bond donors (Lipinski definition) is 1. The van der Waals surface area contributed by atoms with Crippen molar-refractivity contribution >= 4 is 5.69 Å². The Hall–Kier alpha value is -1.57. The van der Waals surface area contributed by atoms with E-state index in [1.54, 1.807) is 0 Å². The normalized spacial score (nSPS) is 24.8. The molecule has 0 radical (unpaired) electrons. The molecule has 1 aromatic rings. The highest BCUT2D eigenvalue weighted by atomic mass is 15.3. The molecule has 0 spiro atoms. The minimum atomic E-state index is 0.399. The lowest BCUT2D eigenvalue weighted by molar-refractivity contribution is 0.163. The lowest BCUT2D eigenvalue weighted by atomic mass is 10.0. The molecule has 4 nitrogen and oxygen atoms in total. The maximum Gasteiger partial charge on any atom is 0.0992 e. The molecule has 2 heterocycles. The van der Waals surface area contributed by atoms with Crippen LogP contribution in [0, 0.1) is 11.3 Å². The van der Waals surface area contributed by atoms with E-state index in [2.05, 4.69) is 21.9 Å². The molecule has 1 aromatic carbocycles. The fourth-order valence-corrected chi connectivity index (χ4v) is 3.33. The number of likely N-dealkylation sites (tertiary alicyclic amines) is 1. The van der Waals surface area contributed by atoms with Gasteiger partial charge in [-0.3, -0.25) is 4.90 Å². The number of nitrogens with zero attached hydrogens (tertiary/aromatic N) is 3. The highest BCUT2D eigenvalue weighted by Crippen LogP contribution is 2.25. The molecule has 0 amide bonds. The first kappa shape index (κ1) is 13.4. The number of nitrogens with two attached hydrogens (primary N) is 1. The zero-order valence-corrected chi connectivity index (χ0v) is 11.8. The summed E-state index contributed by atoms with van der Waals surface area (Å²) in [6, 6.07) is 11.2.